The van der Waals surface area contributed by atoms with Crippen molar-refractivity contribution in [1.29, 1.82) is 0 Å². The first-order valence-electron chi connectivity index (χ1n) is 7.33. The Bertz CT molecular complexity index is 574. The van der Waals surface area contributed by atoms with E-state index in [4.69, 9.17) is 9.47 Å². The van der Waals surface area contributed by atoms with E-state index < -0.39 is 41.5 Å². The average molecular weight is 330 g/mol. The molecule has 0 radical (unpaired) electrons. The molecule has 1 aliphatic rings. The van der Waals surface area contributed by atoms with Crippen molar-refractivity contribution in [2.75, 3.05) is 13.2 Å². The lowest BCUT2D eigenvalue weighted by atomic mass is 9.93. The lowest BCUT2D eigenvalue weighted by molar-refractivity contribution is -0.155. The van der Waals surface area contributed by atoms with Gasteiger partial charge in [0.05, 0.1) is 6.42 Å². The summed E-state index contributed by atoms with van der Waals surface area (Å²) in [4.78, 5) is 23.9. The summed E-state index contributed by atoms with van der Waals surface area (Å²) >= 11 is 0. The molecule has 0 amide bonds. The highest BCUT2D eigenvalue weighted by Crippen LogP contribution is 2.20. The maximum atomic E-state index is 13.5. The van der Waals surface area contributed by atoms with Gasteiger partial charge in [-0.15, -0.1) is 0 Å². The van der Waals surface area contributed by atoms with Gasteiger partial charge in [0, 0.05) is 36.8 Å². The van der Waals surface area contributed by atoms with Gasteiger partial charge in [0.15, 0.2) is 11.9 Å². The molecular formula is C16H17F3O4. The van der Waals surface area contributed by atoms with Crippen LogP contribution < -0.4 is 0 Å². The van der Waals surface area contributed by atoms with E-state index in [1.165, 1.54) is 6.92 Å². The molecule has 1 heterocycles. The maximum Gasteiger partial charge on any atom is 0.311 e. The van der Waals surface area contributed by atoms with Crippen LogP contribution in [0.3, 0.4) is 0 Å². The first-order valence-corrected chi connectivity index (χ1v) is 7.33. The Morgan fingerprint density at radius 3 is 2.35 bits per heavy atom. The smallest absolute Gasteiger partial charge is 0.311 e. The fraction of sp³-hybridized carbons (Fsp3) is 0.500. The number of halogens is 3. The third kappa shape index (κ3) is 4.54. The molecule has 1 aromatic rings. The molecule has 4 nitrogen and oxygen atoms in total. The molecule has 0 bridgehead atoms. The number of ketones is 1. The summed E-state index contributed by atoms with van der Waals surface area (Å²) in [6.07, 6.45) is -0.593. The van der Waals surface area contributed by atoms with E-state index in [-0.39, 0.29) is 11.7 Å². The molecule has 1 aromatic carbocycles. The van der Waals surface area contributed by atoms with Crippen molar-refractivity contribution in [1.82, 2.24) is 0 Å². The molecule has 126 valence electrons. The summed E-state index contributed by atoms with van der Waals surface area (Å²) < 4.78 is 49.9. The van der Waals surface area contributed by atoms with Crippen LogP contribution in [-0.2, 0) is 25.5 Å². The number of hydrogen-bond donors (Lipinski definition) is 0. The molecule has 1 atom stereocenters. The van der Waals surface area contributed by atoms with Crippen molar-refractivity contribution in [2.45, 2.75) is 32.3 Å². The zero-order chi connectivity index (χ0) is 17.0. The fourth-order valence-corrected chi connectivity index (χ4v) is 2.50. The average Bonchev–Trinajstić information content (AvgIpc) is 2.51. The van der Waals surface area contributed by atoms with E-state index in [0.29, 0.717) is 38.2 Å². The normalized spacial score (nSPS) is 16.9. The minimum absolute atomic E-state index is 0.235. The zero-order valence-corrected chi connectivity index (χ0v) is 12.6. The maximum absolute atomic E-state index is 13.5. The second kappa shape index (κ2) is 7.59. The van der Waals surface area contributed by atoms with Gasteiger partial charge in [-0.2, -0.15) is 0 Å². The highest BCUT2D eigenvalue weighted by molar-refractivity contribution is 5.87. The molecule has 0 aromatic heterocycles. The molecule has 0 N–H and O–H groups in total. The Balaban J connectivity index is 1.95. The molecule has 0 saturated carbocycles. The second-order valence-corrected chi connectivity index (χ2v) is 5.45. The number of esters is 1. The van der Waals surface area contributed by atoms with Crippen LogP contribution in [0.25, 0.3) is 0 Å². The van der Waals surface area contributed by atoms with Crippen LogP contribution in [0.2, 0.25) is 0 Å². The Morgan fingerprint density at radius 1 is 1.22 bits per heavy atom. The van der Waals surface area contributed by atoms with Crippen LogP contribution in [0.5, 0.6) is 0 Å². The Morgan fingerprint density at radius 2 is 1.78 bits per heavy atom. The largest absolute Gasteiger partial charge is 0.454 e. The number of Topliss-reactive ketones (excluding diaryl/α,β-unsaturated/α-hetero) is 1. The van der Waals surface area contributed by atoms with Gasteiger partial charge in [-0.25, -0.2) is 13.2 Å². The van der Waals surface area contributed by atoms with Crippen LogP contribution in [0.4, 0.5) is 13.2 Å². The summed E-state index contributed by atoms with van der Waals surface area (Å²) in [6, 6.07) is 0.977. The minimum atomic E-state index is -1.16. The highest BCUT2D eigenvalue weighted by atomic mass is 19.1. The summed E-state index contributed by atoms with van der Waals surface area (Å²) in [6.45, 7) is 2.37. The van der Waals surface area contributed by atoms with Crippen molar-refractivity contribution in [3.05, 3.63) is 35.1 Å². The first-order chi connectivity index (χ1) is 10.9. The first kappa shape index (κ1) is 17.5. The van der Waals surface area contributed by atoms with E-state index >= 15 is 0 Å². The van der Waals surface area contributed by atoms with Gasteiger partial charge in [0.2, 0.25) is 0 Å². The van der Waals surface area contributed by atoms with Crippen LogP contribution >= 0.6 is 0 Å². The molecule has 7 heteroatoms. The third-order valence-electron chi connectivity index (χ3n) is 3.76. The third-order valence-corrected chi connectivity index (χ3v) is 3.76. The van der Waals surface area contributed by atoms with Crippen LogP contribution in [0.15, 0.2) is 12.1 Å². The summed E-state index contributed by atoms with van der Waals surface area (Å²) in [5, 5.41) is 0. The number of carbonyl (C=O) groups excluding carboxylic acids is 2. The number of benzene rings is 1. The quantitative estimate of drug-likeness (QED) is 0.779. The number of rotatable bonds is 5. The predicted octanol–water partition coefficient (Wildman–Crippen LogP) is 2.57. The summed E-state index contributed by atoms with van der Waals surface area (Å²) in [5.74, 6) is -4.82. The van der Waals surface area contributed by atoms with Crippen molar-refractivity contribution in [2.24, 2.45) is 5.92 Å². The van der Waals surface area contributed by atoms with E-state index in [1.807, 2.05) is 0 Å². The van der Waals surface area contributed by atoms with Gasteiger partial charge >= 0.3 is 5.97 Å². The van der Waals surface area contributed by atoms with Crippen molar-refractivity contribution >= 4 is 11.8 Å². The van der Waals surface area contributed by atoms with E-state index in [0.717, 1.165) is 0 Å². The molecule has 0 aliphatic carbocycles. The van der Waals surface area contributed by atoms with Crippen molar-refractivity contribution in [3.8, 4) is 0 Å². The number of hydrogen-bond acceptors (Lipinski definition) is 4. The predicted molar refractivity (Wildman–Crippen MR) is 74.1 cm³/mol. The number of carbonyl (C=O) groups is 2. The Labute approximate surface area is 131 Å². The Hall–Kier alpha value is -1.89. The summed E-state index contributed by atoms with van der Waals surface area (Å²) in [5.41, 5.74) is -0.581. The molecule has 0 spiro atoms. The van der Waals surface area contributed by atoms with Crippen LogP contribution in [-0.4, -0.2) is 31.1 Å². The molecule has 2 rings (SSSR count). The minimum Gasteiger partial charge on any atom is -0.454 e. The summed E-state index contributed by atoms with van der Waals surface area (Å²) in [7, 11) is 0. The lowest BCUT2D eigenvalue weighted by Gasteiger charge is -2.23. The van der Waals surface area contributed by atoms with E-state index in [2.05, 4.69) is 0 Å². The Kier molecular flexibility index (Phi) is 5.76. The van der Waals surface area contributed by atoms with Gasteiger partial charge in [-0.3, -0.25) is 9.59 Å². The topological polar surface area (TPSA) is 52.6 Å². The van der Waals surface area contributed by atoms with Gasteiger partial charge in [0.25, 0.3) is 0 Å². The van der Waals surface area contributed by atoms with Crippen LogP contribution in [0, 0.1) is 23.4 Å². The lowest BCUT2D eigenvalue weighted by Crippen LogP contribution is -2.34. The molecular weight excluding hydrogens is 313 g/mol. The monoisotopic (exact) mass is 330 g/mol. The van der Waals surface area contributed by atoms with Crippen molar-refractivity contribution in [3.63, 3.8) is 0 Å². The van der Waals surface area contributed by atoms with Gasteiger partial charge in [0.1, 0.15) is 17.5 Å². The fourth-order valence-electron chi connectivity index (χ4n) is 2.50. The molecule has 1 unspecified atom stereocenters. The van der Waals surface area contributed by atoms with Gasteiger partial charge in [-0.1, -0.05) is 0 Å². The number of ether oxygens (including phenoxy) is 2. The molecule has 23 heavy (non-hydrogen) atoms. The SMILES string of the molecule is CC(OC(=O)Cc1c(F)cc(F)cc1F)C(=O)C1CCOCC1. The van der Waals surface area contributed by atoms with Gasteiger partial charge in [-0.05, 0) is 19.8 Å². The molecule has 1 saturated heterocycles. The van der Waals surface area contributed by atoms with E-state index in [9.17, 15) is 22.8 Å². The standard InChI is InChI=1S/C16H17F3O4/c1-9(16(21)10-2-4-22-5-3-10)23-15(20)8-12-13(18)6-11(17)7-14(12)19/h6-7,9-10H,2-5,8H2,1H3. The van der Waals surface area contributed by atoms with Gasteiger partial charge < -0.3 is 9.47 Å². The molecule has 1 fully saturated rings. The second-order valence-electron chi connectivity index (χ2n) is 5.45. The molecule has 1 aliphatic heterocycles. The van der Waals surface area contributed by atoms with Crippen molar-refractivity contribution < 1.29 is 32.2 Å². The van der Waals surface area contributed by atoms with E-state index in [1.54, 1.807) is 0 Å². The van der Waals surface area contributed by atoms with Crippen LogP contribution in [0.1, 0.15) is 25.3 Å². The highest BCUT2D eigenvalue weighted by Gasteiger charge is 2.28. The zero-order valence-electron chi connectivity index (χ0n) is 12.6.